The Kier molecular flexibility index (Phi) is 3.83. The maximum absolute atomic E-state index is 12.4. The molecule has 1 atom stereocenters. The van der Waals surface area contributed by atoms with Gasteiger partial charge in [-0.15, -0.1) is 0 Å². The van der Waals surface area contributed by atoms with E-state index in [1.54, 1.807) is 19.1 Å². The average molecular weight is 317 g/mol. The zero-order valence-corrected chi connectivity index (χ0v) is 13.3. The van der Waals surface area contributed by atoms with Crippen molar-refractivity contribution in [2.24, 2.45) is 0 Å². The van der Waals surface area contributed by atoms with Crippen molar-refractivity contribution >= 4 is 17.6 Å². The summed E-state index contributed by atoms with van der Waals surface area (Å²) < 4.78 is 11.5. The first kappa shape index (κ1) is 14.9. The summed E-state index contributed by atoms with van der Waals surface area (Å²) in [6.07, 6.45) is 1.39. The number of rotatable bonds is 2. The normalized spacial score (nSPS) is 20.0. The number of hydrogen-bond donors (Lipinski definition) is 0. The van der Waals surface area contributed by atoms with E-state index in [0.29, 0.717) is 22.8 Å². The topological polar surface area (TPSA) is 35.5 Å². The van der Waals surface area contributed by atoms with Crippen molar-refractivity contribution in [3.63, 3.8) is 0 Å². The first-order chi connectivity index (χ1) is 10.5. The summed E-state index contributed by atoms with van der Waals surface area (Å²) in [5, 5.41) is 0.605. The molecule has 1 heterocycles. The van der Waals surface area contributed by atoms with Crippen molar-refractivity contribution in [1.29, 1.82) is 0 Å². The molecule has 0 spiro atoms. The first-order valence-electron chi connectivity index (χ1n) is 7.23. The van der Waals surface area contributed by atoms with Crippen molar-refractivity contribution in [2.75, 3.05) is 0 Å². The lowest BCUT2D eigenvalue weighted by Gasteiger charge is -2.35. The van der Waals surface area contributed by atoms with E-state index in [2.05, 4.69) is 0 Å². The van der Waals surface area contributed by atoms with Gasteiger partial charge in [-0.1, -0.05) is 35.9 Å². The van der Waals surface area contributed by atoms with E-state index in [9.17, 15) is 4.79 Å². The van der Waals surface area contributed by atoms with Gasteiger partial charge in [-0.05, 0) is 42.7 Å². The average Bonchev–Trinajstić information content (AvgIpc) is 2.46. The molecule has 1 unspecified atom stereocenters. The second-order valence-electron chi connectivity index (χ2n) is 5.69. The molecule has 0 bridgehead atoms. The van der Waals surface area contributed by atoms with Gasteiger partial charge in [0.25, 0.3) is 5.79 Å². The molecule has 1 aliphatic heterocycles. The van der Waals surface area contributed by atoms with Crippen LogP contribution in [0.3, 0.4) is 0 Å². The predicted molar refractivity (Wildman–Crippen MR) is 85.4 cm³/mol. The number of esters is 1. The number of benzene rings is 2. The highest BCUT2D eigenvalue weighted by Gasteiger charge is 2.36. The summed E-state index contributed by atoms with van der Waals surface area (Å²) in [6, 6.07) is 12.9. The third kappa shape index (κ3) is 2.95. The molecule has 3 rings (SSSR count). The van der Waals surface area contributed by atoms with E-state index in [1.807, 2.05) is 37.3 Å². The summed E-state index contributed by atoms with van der Waals surface area (Å²) in [5.41, 5.74) is 2.52. The molecule has 3 nitrogen and oxygen atoms in total. The highest BCUT2D eigenvalue weighted by molar-refractivity contribution is 6.30. The minimum absolute atomic E-state index is 0.369. The number of ether oxygens (including phenoxy) is 2. The number of hydrogen-bond acceptors (Lipinski definition) is 3. The van der Waals surface area contributed by atoms with Crippen LogP contribution in [-0.2, 0) is 11.2 Å². The molecule has 1 aliphatic rings. The SMILES string of the molecule is Cc1ccccc1C(=O)OC1(C)CCc2ccc(Cl)cc2O1. The lowest BCUT2D eigenvalue weighted by Crippen LogP contribution is -2.41. The van der Waals surface area contributed by atoms with Gasteiger partial charge in [0.2, 0.25) is 0 Å². The van der Waals surface area contributed by atoms with Crippen molar-refractivity contribution in [3.8, 4) is 5.75 Å². The van der Waals surface area contributed by atoms with Crippen molar-refractivity contribution < 1.29 is 14.3 Å². The Bertz CT molecular complexity index is 726. The van der Waals surface area contributed by atoms with E-state index in [4.69, 9.17) is 21.1 Å². The van der Waals surface area contributed by atoms with Crippen LogP contribution in [0.25, 0.3) is 0 Å². The molecule has 2 aromatic rings. The van der Waals surface area contributed by atoms with Gasteiger partial charge in [-0.2, -0.15) is 0 Å². The van der Waals surface area contributed by atoms with E-state index in [0.717, 1.165) is 17.5 Å². The highest BCUT2D eigenvalue weighted by atomic mass is 35.5. The molecule has 0 N–H and O–H groups in total. The van der Waals surface area contributed by atoms with Gasteiger partial charge in [-0.25, -0.2) is 4.79 Å². The molecule has 0 radical (unpaired) electrons. The Morgan fingerprint density at radius 3 is 2.82 bits per heavy atom. The number of aryl methyl sites for hydroxylation is 2. The fourth-order valence-electron chi connectivity index (χ4n) is 2.60. The minimum Gasteiger partial charge on any atom is -0.452 e. The zero-order valence-electron chi connectivity index (χ0n) is 12.6. The quantitative estimate of drug-likeness (QED) is 0.763. The maximum Gasteiger partial charge on any atom is 0.341 e. The van der Waals surface area contributed by atoms with Gasteiger partial charge in [-0.3, -0.25) is 0 Å². The van der Waals surface area contributed by atoms with Crippen LogP contribution >= 0.6 is 11.6 Å². The third-order valence-corrected chi connectivity index (χ3v) is 4.11. The van der Waals surface area contributed by atoms with Gasteiger partial charge < -0.3 is 9.47 Å². The van der Waals surface area contributed by atoms with Crippen LogP contribution < -0.4 is 4.74 Å². The molecule has 0 aromatic heterocycles. The number of halogens is 1. The maximum atomic E-state index is 12.4. The fourth-order valence-corrected chi connectivity index (χ4v) is 2.76. The first-order valence-corrected chi connectivity index (χ1v) is 7.61. The van der Waals surface area contributed by atoms with Gasteiger partial charge >= 0.3 is 5.97 Å². The molecule has 4 heteroatoms. The second-order valence-corrected chi connectivity index (χ2v) is 6.13. The molecule has 22 heavy (non-hydrogen) atoms. The van der Waals surface area contributed by atoms with Crippen LogP contribution in [-0.4, -0.2) is 11.8 Å². The molecular weight excluding hydrogens is 300 g/mol. The Morgan fingerprint density at radius 2 is 2.05 bits per heavy atom. The number of fused-ring (bicyclic) bond motifs is 1. The lowest BCUT2D eigenvalue weighted by atomic mass is 10.0. The molecule has 0 saturated carbocycles. The van der Waals surface area contributed by atoms with Crippen LogP contribution in [0.4, 0.5) is 0 Å². The molecule has 114 valence electrons. The zero-order chi connectivity index (χ0) is 15.7. The van der Waals surface area contributed by atoms with Crippen LogP contribution in [0.15, 0.2) is 42.5 Å². The van der Waals surface area contributed by atoms with Gasteiger partial charge in [0.15, 0.2) is 0 Å². The lowest BCUT2D eigenvalue weighted by molar-refractivity contribution is -0.141. The minimum atomic E-state index is -0.975. The van der Waals surface area contributed by atoms with Gasteiger partial charge in [0.1, 0.15) is 5.75 Å². The summed E-state index contributed by atoms with van der Waals surface area (Å²) in [5.74, 6) is -0.665. The predicted octanol–water partition coefficient (Wildman–Crippen LogP) is 4.55. The molecular formula is C18H17ClO3. The van der Waals surface area contributed by atoms with E-state index in [1.165, 1.54) is 0 Å². The summed E-state index contributed by atoms with van der Waals surface area (Å²) in [4.78, 5) is 12.4. The highest BCUT2D eigenvalue weighted by Crippen LogP contribution is 2.36. The molecule has 0 fully saturated rings. The van der Waals surface area contributed by atoms with E-state index >= 15 is 0 Å². The van der Waals surface area contributed by atoms with Gasteiger partial charge in [0, 0.05) is 18.4 Å². The number of carbonyl (C=O) groups is 1. The van der Waals surface area contributed by atoms with E-state index in [-0.39, 0.29) is 5.97 Å². The summed E-state index contributed by atoms with van der Waals surface area (Å²) in [6.45, 7) is 3.67. The Labute approximate surface area is 134 Å². The standard InChI is InChI=1S/C18H17ClO3/c1-12-5-3-4-6-15(12)17(20)22-18(2)10-9-13-7-8-14(19)11-16(13)21-18/h3-8,11H,9-10H2,1-2H3. The molecule has 0 aliphatic carbocycles. The van der Waals surface area contributed by atoms with E-state index < -0.39 is 5.79 Å². The van der Waals surface area contributed by atoms with Crippen molar-refractivity contribution in [2.45, 2.75) is 32.5 Å². The molecule has 0 saturated heterocycles. The molecule has 2 aromatic carbocycles. The van der Waals surface area contributed by atoms with Gasteiger partial charge in [0.05, 0.1) is 5.56 Å². The Hall–Kier alpha value is -2.00. The summed E-state index contributed by atoms with van der Waals surface area (Å²) >= 11 is 6.00. The summed E-state index contributed by atoms with van der Waals surface area (Å²) in [7, 11) is 0. The van der Waals surface area contributed by atoms with Crippen LogP contribution in [0.1, 0.15) is 34.8 Å². The van der Waals surface area contributed by atoms with Crippen LogP contribution in [0.2, 0.25) is 5.02 Å². The van der Waals surface area contributed by atoms with Crippen molar-refractivity contribution in [1.82, 2.24) is 0 Å². The Balaban J connectivity index is 1.81. The Morgan fingerprint density at radius 1 is 1.27 bits per heavy atom. The second kappa shape index (κ2) is 5.65. The monoisotopic (exact) mass is 316 g/mol. The van der Waals surface area contributed by atoms with Crippen LogP contribution in [0, 0.1) is 6.92 Å². The smallest absolute Gasteiger partial charge is 0.341 e. The third-order valence-electron chi connectivity index (χ3n) is 3.88. The van der Waals surface area contributed by atoms with Crippen molar-refractivity contribution in [3.05, 3.63) is 64.2 Å². The fraction of sp³-hybridized carbons (Fsp3) is 0.278. The van der Waals surface area contributed by atoms with Crippen LogP contribution in [0.5, 0.6) is 5.75 Å². The largest absolute Gasteiger partial charge is 0.452 e. The number of carbonyl (C=O) groups excluding carboxylic acids is 1. The molecule has 0 amide bonds.